The molecule has 0 aliphatic heterocycles. The fourth-order valence-corrected chi connectivity index (χ4v) is 1.95. The molecule has 1 aromatic heterocycles. The van der Waals surface area contributed by atoms with Gasteiger partial charge in [0.15, 0.2) is 0 Å². The molecular weight excluding hydrogens is 244 g/mol. The topological polar surface area (TPSA) is 65.2 Å². The van der Waals surface area contributed by atoms with E-state index in [2.05, 4.69) is 20.3 Å². The molecule has 12 heavy (non-hydrogen) atoms. The quantitative estimate of drug-likeness (QED) is 0.883. The van der Waals surface area contributed by atoms with Crippen molar-refractivity contribution < 1.29 is 9.53 Å². The van der Waals surface area contributed by atoms with Crippen LogP contribution in [0.15, 0.2) is 4.47 Å². The van der Waals surface area contributed by atoms with Crippen molar-refractivity contribution in [3.8, 4) is 5.88 Å². The lowest BCUT2D eigenvalue weighted by Gasteiger charge is -1.96. The Labute approximate surface area is 82.0 Å². The maximum atomic E-state index is 10.7. The molecule has 0 fully saturated rings. The van der Waals surface area contributed by atoms with Gasteiger partial charge in [0.25, 0.3) is 5.91 Å². The Balaban J connectivity index is 2.96. The number of nitrogens with zero attached hydrogens (tertiary/aromatic N) is 1. The minimum Gasteiger partial charge on any atom is -0.477 e. The molecule has 0 spiro atoms. The third-order valence-corrected chi connectivity index (χ3v) is 2.95. The number of halogens is 1. The van der Waals surface area contributed by atoms with Crippen molar-refractivity contribution in [3.63, 3.8) is 0 Å². The number of ether oxygens (including phenoxy) is 1. The van der Waals surface area contributed by atoms with Gasteiger partial charge in [0.05, 0.1) is 6.61 Å². The van der Waals surface area contributed by atoms with Crippen LogP contribution in [0.4, 0.5) is 0 Å². The van der Waals surface area contributed by atoms with Crippen molar-refractivity contribution in [3.05, 3.63) is 9.35 Å². The van der Waals surface area contributed by atoms with E-state index < -0.39 is 5.91 Å². The summed E-state index contributed by atoms with van der Waals surface area (Å²) in [6.45, 7) is 2.36. The minimum absolute atomic E-state index is 0.387. The summed E-state index contributed by atoms with van der Waals surface area (Å²) in [6.07, 6.45) is 0. The van der Waals surface area contributed by atoms with Gasteiger partial charge in [0.1, 0.15) is 9.35 Å². The molecule has 0 unspecified atom stereocenters. The fourth-order valence-electron chi connectivity index (χ4n) is 0.644. The van der Waals surface area contributed by atoms with Crippen molar-refractivity contribution in [1.82, 2.24) is 4.37 Å². The first kappa shape index (κ1) is 9.47. The molecule has 1 heterocycles. The van der Waals surface area contributed by atoms with E-state index in [4.69, 9.17) is 10.5 Å². The highest BCUT2D eigenvalue weighted by atomic mass is 79.9. The molecule has 0 aliphatic carbocycles. The van der Waals surface area contributed by atoms with Gasteiger partial charge in [-0.2, -0.15) is 4.37 Å². The summed E-state index contributed by atoms with van der Waals surface area (Å²) in [5.74, 6) is -0.0679. The largest absolute Gasteiger partial charge is 0.477 e. The van der Waals surface area contributed by atoms with Crippen LogP contribution in [-0.2, 0) is 0 Å². The predicted octanol–water partition coefficient (Wildman–Crippen LogP) is 1.40. The first-order valence-electron chi connectivity index (χ1n) is 3.24. The van der Waals surface area contributed by atoms with E-state index in [1.165, 1.54) is 0 Å². The van der Waals surface area contributed by atoms with E-state index in [0.29, 0.717) is 21.8 Å². The number of primary amides is 1. The van der Waals surface area contributed by atoms with E-state index in [1.54, 1.807) is 0 Å². The van der Waals surface area contributed by atoms with Crippen LogP contribution in [0.5, 0.6) is 5.88 Å². The molecule has 0 saturated heterocycles. The van der Waals surface area contributed by atoms with Crippen LogP contribution < -0.4 is 10.5 Å². The zero-order valence-electron chi connectivity index (χ0n) is 6.33. The summed E-state index contributed by atoms with van der Waals surface area (Å²) in [6, 6.07) is 0. The smallest absolute Gasteiger partial charge is 0.261 e. The van der Waals surface area contributed by atoms with Gasteiger partial charge >= 0.3 is 0 Å². The van der Waals surface area contributed by atoms with Crippen LogP contribution in [0.3, 0.4) is 0 Å². The zero-order chi connectivity index (χ0) is 9.14. The van der Waals surface area contributed by atoms with Gasteiger partial charge in [-0.3, -0.25) is 4.79 Å². The average Bonchev–Trinajstić information content (AvgIpc) is 2.34. The number of aromatic nitrogens is 1. The van der Waals surface area contributed by atoms with Crippen LogP contribution in [-0.4, -0.2) is 16.9 Å². The molecule has 0 saturated carbocycles. The Hall–Kier alpha value is -0.620. The molecule has 2 N–H and O–H groups in total. The van der Waals surface area contributed by atoms with Gasteiger partial charge in [0, 0.05) is 0 Å². The maximum absolute atomic E-state index is 10.7. The lowest BCUT2D eigenvalue weighted by molar-refractivity contribution is 0.100. The van der Waals surface area contributed by atoms with Gasteiger partial charge in [-0.25, -0.2) is 0 Å². The second-order valence-corrected chi connectivity index (χ2v) is 3.49. The lowest BCUT2D eigenvalue weighted by Crippen LogP contribution is -2.09. The van der Waals surface area contributed by atoms with Crippen LogP contribution in [0.2, 0.25) is 0 Å². The number of amides is 1. The second-order valence-electron chi connectivity index (χ2n) is 1.93. The molecular formula is C6H7BrN2O2S. The molecule has 0 atom stereocenters. The average molecular weight is 251 g/mol. The number of rotatable bonds is 3. The number of carbonyl (C=O) groups excluding carboxylic acids is 1. The molecule has 0 bridgehead atoms. The Bertz CT molecular complexity index is 300. The predicted molar refractivity (Wildman–Crippen MR) is 49.5 cm³/mol. The van der Waals surface area contributed by atoms with Gasteiger partial charge in [-0.15, -0.1) is 0 Å². The van der Waals surface area contributed by atoms with Crippen molar-refractivity contribution in [1.29, 1.82) is 0 Å². The van der Waals surface area contributed by atoms with E-state index in [1.807, 2.05) is 6.92 Å². The van der Waals surface area contributed by atoms with Crippen LogP contribution in [0.1, 0.15) is 16.6 Å². The number of hydrogen-bond donors (Lipinski definition) is 1. The zero-order valence-corrected chi connectivity index (χ0v) is 8.74. The van der Waals surface area contributed by atoms with Gasteiger partial charge in [0.2, 0.25) is 5.88 Å². The van der Waals surface area contributed by atoms with Gasteiger partial charge in [-0.1, -0.05) is 0 Å². The first-order valence-corrected chi connectivity index (χ1v) is 4.81. The summed E-state index contributed by atoms with van der Waals surface area (Å²) in [4.78, 5) is 11.1. The van der Waals surface area contributed by atoms with Crippen molar-refractivity contribution in [2.24, 2.45) is 5.73 Å². The molecule has 0 radical (unpaired) electrons. The third kappa shape index (κ3) is 1.75. The van der Waals surface area contributed by atoms with Crippen molar-refractivity contribution in [2.45, 2.75) is 6.92 Å². The molecule has 4 nitrogen and oxygen atoms in total. The second kappa shape index (κ2) is 3.86. The van der Waals surface area contributed by atoms with Crippen molar-refractivity contribution in [2.75, 3.05) is 6.61 Å². The van der Waals surface area contributed by atoms with E-state index in [9.17, 15) is 4.79 Å². The normalized spacial score (nSPS) is 9.83. The summed E-state index contributed by atoms with van der Waals surface area (Å²) in [5, 5.41) is 0. The van der Waals surface area contributed by atoms with E-state index >= 15 is 0 Å². The summed E-state index contributed by atoms with van der Waals surface area (Å²) in [5.41, 5.74) is 5.07. The SMILES string of the molecule is CCOc1nsc(C(N)=O)c1Br. The Morgan fingerprint density at radius 2 is 2.50 bits per heavy atom. The highest BCUT2D eigenvalue weighted by molar-refractivity contribution is 9.10. The Kier molecular flexibility index (Phi) is 3.05. The Morgan fingerprint density at radius 3 is 2.92 bits per heavy atom. The first-order chi connectivity index (χ1) is 5.66. The van der Waals surface area contributed by atoms with E-state index in [0.717, 1.165) is 11.5 Å². The number of nitrogens with two attached hydrogens (primary N) is 1. The molecule has 6 heteroatoms. The summed E-state index contributed by atoms with van der Waals surface area (Å²) >= 11 is 4.20. The highest BCUT2D eigenvalue weighted by Gasteiger charge is 2.15. The third-order valence-electron chi connectivity index (χ3n) is 1.11. The van der Waals surface area contributed by atoms with E-state index in [-0.39, 0.29) is 0 Å². The molecule has 1 amide bonds. The number of hydrogen-bond acceptors (Lipinski definition) is 4. The fraction of sp³-hybridized carbons (Fsp3) is 0.333. The monoisotopic (exact) mass is 250 g/mol. The highest BCUT2D eigenvalue weighted by Crippen LogP contribution is 2.30. The molecule has 0 aromatic carbocycles. The number of carbonyl (C=O) groups is 1. The summed E-state index contributed by atoms with van der Waals surface area (Å²) in [7, 11) is 0. The molecule has 1 rings (SSSR count). The minimum atomic E-state index is -0.495. The van der Waals surface area contributed by atoms with Crippen LogP contribution in [0, 0.1) is 0 Å². The summed E-state index contributed by atoms with van der Waals surface area (Å²) < 4.78 is 9.55. The van der Waals surface area contributed by atoms with Gasteiger partial charge < -0.3 is 10.5 Å². The lowest BCUT2D eigenvalue weighted by atomic mass is 10.5. The standard InChI is InChI=1S/C6H7BrN2O2S/c1-2-11-6-3(7)4(5(8)10)12-9-6/h2H2,1H3,(H2,8,10). The van der Waals surface area contributed by atoms with Gasteiger partial charge in [-0.05, 0) is 34.4 Å². The Morgan fingerprint density at radius 1 is 1.83 bits per heavy atom. The van der Waals surface area contributed by atoms with Crippen LogP contribution >= 0.6 is 27.5 Å². The van der Waals surface area contributed by atoms with Crippen molar-refractivity contribution >= 4 is 33.4 Å². The van der Waals surface area contributed by atoms with Crippen LogP contribution in [0.25, 0.3) is 0 Å². The molecule has 0 aliphatic rings. The maximum Gasteiger partial charge on any atom is 0.261 e. The molecule has 1 aromatic rings. The molecule has 66 valence electrons.